The molecule has 0 unspecified atom stereocenters. The molecule has 0 spiro atoms. The van der Waals surface area contributed by atoms with Gasteiger partial charge in [-0.25, -0.2) is 4.39 Å². The molecule has 3 nitrogen and oxygen atoms in total. The van der Waals surface area contributed by atoms with Crippen LogP contribution >= 0.6 is 0 Å². The number of amides is 1. The van der Waals surface area contributed by atoms with E-state index >= 15 is 0 Å². The first-order chi connectivity index (χ1) is 14.5. The molecular weight excluding hydrogens is 375 g/mol. The third kappa shape index (κ3) is 4.33. The zero-order valence-corrected chi connectivity index (χ0v) is 17.8. The van der Waals surface area contributed by atoms with Crippen molar-refractivity contribution in [1.29, 1.82) is 0 Å². The van der Waals surface area contributed by atoms with Gasteiger partial charge in [0.05, 0.1) is 0 Å². The molecule has 0 atom stereocenters. The van der Waals surface area contributed by atoms with E-state index in [2.05, 4.69) is 29.8 Å². The van der Waals surface area contributed by atoms with Gasteiger partial charge in [-0.2, -0.15) is 0 Å². The highest BCUT2D eigenvalue weighted by Crippen LogP contribution is 2.27. The lowest BCUT2D eigenvalue weighted by Gasteiger charge is -2.13. The number of rotatable bonds is 6. The summed E-state index contributed by atoms with van der Waals surface area (Å²) >= 11 is 0. The maximum atomic E-state index is 13.2. The monoisotopic (exact) mass is 404 g/mol. The third-order valence-electron chi connectivity index (χ3n) is 6.27. The molecule has 0 bridgehead atoms. The van der Waals surface area contributed by atoms with Crippen molar-refractivity contribution in [2.24, 2.45) is 0 Å². The number of halogens is 1. The molecule has 30 heavy (non-hydrogen) atoms. The van der Waals surface area contributed by atoms with Crippen molar-refractivity contribution in [3.8, 4) is 0 Å². The fourth-order valence-corrected chi connectivity index (χ4v) is 4.34. The molecule has 0 saturated heterocycles. The lowest BCUT2D eigenvalue weighted by Crippen LogP contribution is -2.24. The van der Waals surface area contributed by atoms with Crippen LogP contribution in [0.5, 0.6) is 0 Å². The van der Waals surface area contributed by atoms with E-state index in [4.69, 9.17) is 0 Å². The summed E-state index contributed by atoms with van der Waals surface area (Å²) in [7, 11) is 0. The van der Waals surface area contributed by atoms with E-state index in [1.165, 1.54) is 49.0 Å². The molecule has 156 valence electrons. The summed E-state index contributed by atoms with van der Waals surface area (Å²) in [6, 6.07) is 12.5. The highest BCUT2D eigenvalue weighted by atomic mass is 19.1. The number of nitrogens with zero attached hydrogens (tertiary/aromatic N) is 1. The van der Waals surface area contributed by atoms with E-state index in [0.29, 0.717) is 18.7 Å². The largest absolute Gasteiger partial charge is 0.352 e. The Morgan fingerprint density at radius 3 is 2.63 bits per heavy atom. The normalized spacial score (nSPS) is 14.0. The third-order valence-corrected chi connectivity index (χ3v) is 6.27. The number of aromatic nitrogens is 1. The zero-order valence-electron chi connectivity index (χ0n) is 17.8. The fraction of sp³-hybridized carbons (Fsp3) is 0.346. The number of benzene rings is 2. The molecule has 1 aliphatic rings. The van der Waals surface area contributed by atoms with Crippen molar-refractivity contribution in [3.63, 3.8) is 0 Å². The predicted molar refractivity (Wildman–Crippen MR) is 120 cm³/mol. The Hall–Kier alpha value is -2.88. The van der Waals surface area contributed by atoms with Crippen LogP contribution in [-0.4, -0.2) is 17.0 Å². The quantitative estimate of drug-likeness (QED) is 0.497. The van der Waals surface area contributed by atoms with Crippen molar-refractivity contribution >= 4 is 16.8 Å². The summed E-state index contributed by atoms with van der Waals surface area (Å²) < 4.78 is 15.5. The van der Waals surface area contributed by atoms with Crippen LogP contribution in [0.15, 0.2) is 54.1 Å². The smallest absolute Gasteiger partial charge is 0.251 e. The molecule has 1 N–H and O–H groups in total. The van der Waals surface area contributed by atoms with E-state index in [1.54, 1.807) is 0 Å². The summed E-state index contributed by atoms with van der Waals surface area (Å²) in [6.07, 6.45) is 8.17. The van der Waals surface area contributed by atoms with E-state index < -0.39 is 0 Å². The molecule has 1 aliphatic carbocycles. The van der Waals surface area contributed by atoms with E-state index in [9.17, 15) is 9.18 Å². The van der Waals surface area contributed by atoms with Gasteiger partial charge in [0.25, 0.3) is 5.91 Å². The molecule has 0 fully saturated rings. The molecule has 0 radical (unpaired) electrons. The maximum absolute atomic E-state index is 13.2. The molecule has 1 aromatic heterocycles. The number of nitrogens with one attached hydrogen (secondary N) is 1. The first-order valence-electron chi connectivity index (χ1n) is 10.8. The van der Waals surface area contributed by atoms with Crippen molar-refractivity contribution in [2.45, 2.75) is 52.5 Å². The molecule has 1 amide bonds. The predicted octanol–water partition coefficient (Wildman–Crippen LogP) is 6.07. The highest BCUT2D eigenvalue weighted by Gasteiger charge is 2.14. The van der Waals surface area contributed by atoms with Crippen LogP contribution in [0.2, 0.25) is 0 Å². The molecule has 4 rings (SSSR count). The Morgan fingerprint density at radius 1 is 1.10 bits per heavy atom. The van der Waals surface area contributed by atoms with E-state index in [1.807, 2.05) is 30.3 Å². The van der Waals surface area contributed by atoms with Crippen LogP contribution in [0, 0.1) is 19.7 Å². The summed E-state index contributed by atoms with van der Waals surface area (Å²) in [6.45, 7) is 5.55. The second-order valence-electron chi connectivity index (χ2n) is 8.27. The minimum absolute atomic E-state index is 0.0170. The molecule has 2 aromatic carbocycles. The van der Waals surface area contributed by atoms with Gasteiger partial charge in [0.1, 0.15) is 5.82 Å². The van der Waals surface area contributed by atoms with Gasteiger partial charge in [-0.15, -0.1) is 0 Å². The molecule has 4 heteroatoms. The zero-order chi connectivity index (χ0) is 21.1. The molecule has 0 aliphatic heterocycles. The lowest BCUT2D eigenvalue weighted by atomic mass is 9.97. The minimum atomic E-state index is -0.223. The average molecular weight is 405 g/mol. The van der Waals surface area contributed by atoms with E-state index in [-0.39, 0.29) is 11.7 Å². The standard InChI is InChI=1S/C26H29FN2O/c1-18-19(2)29(17-21-8-11-23(27)12-9-21)25-13-10-22(16-24(18)25)26(30)28-15-14-20-6-4-3-5-7-20/h6,8-13,16H,3-5,7,14-15,17H2,1-2H3,(H,28,30). The Labute approximate surface area is 177 Å². The van der Waals surface area contributed by atoms with Gasteiger partial charge in [0.2, 0.25) is 0 Å². The van der Waals surface area contributed by atoms with Crippen LogP contribution in [0.3, 0.4) is 0 Å². The Morgan fingerprint density at radius 2 is 1.90 bits per heavy atom. The van der Waals surface area contributed by atoms with Crippen molar-refractivity contribution in [2.75, 3.05) is 6.54 Å². The number of carbonyl (C=O) groups is 1. The van der Waals surface area contributed by atoms with Crippen molar-refractivity contribution in [3.05, 3.63) is 82.3 Å². The van der Waals surface area contributed by atoms with Crippen LogP contribution in [0.4, 0.5) is 4.39 Å². The number of carbonyl (C=O) groups excluding carboxylic acids is 1. The topological polar surface area (TPSA) is 34.0 Å². The second-order valence-corrected chi connectivity index (χ2v) is 8.27. The first kappa shape index (κ1) is 20.4. The second kappa shape index (κ2) is 8.86. The average Bonchev–Trinajstić information content (AvgIpc) is 3.00. The molecule has 1 heterocycles. The van der Waals surface area contributed by atoms with Crippen molar-refractivity contribution < 1.29 is 9.18 Å². The van der Waals surface area contributed by atoms with Gasteiger partial charge in [0, 0.05) is 35.2 Å². The Bertz CT molecular complexity index is 1090. The highest BCUT2D eigenvalue weighted by molar-refractivity contribution is 5.99. The number of allylic oxidation sites excluding steroid dienone is 1. The molecule has 0 saturated carbocycles. The van der Waals surface area contributed by atoms with Crippen molar-refractivity contribution in [1.82, 2.24) is 9.88 Å². The maximum Gasteiger partial charge on any atom is 0.251 e. The van der Waals surface area contributed by atoms with E-state index in [0.717, 1.165) is 28.6 Å². The Balaban J connectivity index is 1.51. The van der Waals surface area contributed by atoms with Gasteiger partial charge in [-0.1, -0.05) is 23.8 Å². The van der Waals surface area contributed by atoms with Gasteiger partial charge >= 0.3 is 0 Å². The summed E-state index contributed by atoms with van der Waals surface area (Å²) in [5, 5.41) is 4.17. The van der Waals surface area contributed by atoms with Crippen LogP contribution in [-0.2, 0) is 6.54 Å². The summed E-state index contributed by atoms with van der Waals surface area (Å²) in [4.78, 5) is 12.7. The number of aryl methyl sites for hydroxylation is 1. The summed E-state index contributed by atoms with van der Waals surface area (Å²) in [5.41, 5.74) is 6.65. The van der Waals surface area contributed by atoms with Crippen LogP contribution < -0.4 is 5.32 Å². The first-order valence-corrected chi connectivity index (χ1v) is 10.8. The van der Waals surface area contributed by atoms with Gasteiger partial charge in [-0.3, -0.25) is 4.79 Å². The number of hydrogen-bond donors (Lipinski definition) is 1. The lowest BCUT2D eigenvalue weighted by molar-refractivity contribution is 0.0954. The fourth-order valence-electron chi connectivity index (χ4n) is 4.34. The molecular formula is C26H29FN2O. The van der Waals surface area contributed by atoms with Crippen LogP contribution in [0.25, 0.3) is 10.9 Å². The Kier molecular flexibility index (Phi) is 6.03. The molecule has 3 aromatic rings. The van der Waals surface area contributed by atoms with Gasteiger partial charge < -0.3 is 9.88 Å². The SMILES string of the molecule is Cc1c(C)n(Cc2ccc(F)cc2)c2ccc(C(=O)NCCC3=CCCCC3)cc12. The van der Waals surface area contributed by atoms with Crippen LogP contribution in [0.1, 0.15) is 59.3 Å². The number of fused-ring (bicyclic) bond motifs is 1. The summed E-state index contributed by atoms with van der Waals surface area (Å²) in [5.74, 6) is -0.240. The number of hydrogen-bond acceptors (Lipinski definition) is 1. The minimum Gasteiger partial charge on any atom is -0.352 e. The van der Waals surface area contributed by atoms with Gasteiger partial charge in [0.15, 0.2) is 0 Å². The van der Waals surface area contributed by atoms with Gasteiger partial charge in [-0.05, 0) is 87.4 Å².